The zero-order valence-electron chi connectivity index (χ0n) is 11.5. The summed E-state index contributed by atoms with van der Waals surface area (Å²) in [6.07, 6.45) is 0. The molecule has 0 unspecified atom stereocenters. The lowest BCUT2D eigenvalue weighted by Crippen LogP contribution is -2.37. The van der Waals surface area contributed by atoms with E-state index >= 15 is 0 Å². The van der Waals surface area contributed by atoms with E-state index in [1.807, 2.05) is 6.92 Å². The molecule has 0 heterocycles. The Morgan fingerprint density at radius 3 is 2.45 bits per heavy atom. The smallest absolute Gasteiger partial charge is 0.269 e. The van der Waals surface area contributed by atoms with E-state index in [0.717, 1.165) is 0 Å². The van der Waals surface area contributed by atoms with E-state index in [1.165, 1.54) is 36.1 Å². The Kier molecular flexibility index (Phi) is 5.79. The quantitative estimate of drug-likeness (QED) is 0.283. The molecular formula is C13H17N3O4. The summed E-state index contributed by atoms with van der Waals surface area (Å²) in [6.45, 7) is 4.51. The Hall–Kier alpha value is -2.28. The molecule has 7 nitrogen and oxygen atoms in total. The average Bonchev–Trinajstić information content (AvgIpc) is 2.42. The van der Waals surface area contributed by atoms with E-state index in [9.17, 15) is 14.9 Å². The summed E-state index contributed by atoms with van der Waals surface area (Å²) in [5, 5.41) is 18.2. The predicted octanol–water partition coefficient (Wildman–Crippen LogP) is 2.07. The molecule has 0 aliphatic rings. The lowest BCUT2D eigenvalue weighted by atomic mass is 10.2. The van der Waals surface area contributed by atoms with Crippen LogP contribution in [0.3, 0.4) is 0 Å². The number of nitrogens with zero attached hydrogens (tertiary/aromatic N) is 2. The maximum absolute atomic E-state index is 12.2. The van der Waals surface area contributed by atoms with Crippen LogP contribution >= 0.6 is 0 Å². The van der Waals surface area contributed by atoms with Crippen molar-refractivity contribution in [2.45, 2.75) is 13.8 Å². The van der Waals surface area contributed by atoms with Crippen LogP contribution in [0.4, 0.5) is 5.69 Å². The summed E-state index contributed by atoms with van der Waals surface area (Å²) in [6, 6.07) is 5.31. The molecule has 1 amide bonds. The van der Waals surface area contributed by atoms with Gasteiger partial charge in [0.2, 0.25) is 0 Å². The van der Waals surface area contributed by atoms with Gasteiger partial charge in [0, 0.05) is 24.3 Å². The maximum atomic E-state index is 12.2. The summed E-state index contributed by atoms with van der Waals surface area (Å²) < 4.78 is 5.17. The molecule has 0 aliphatic heterocycles. The molecule has 1 aromatic rings. The summed E-state index contributed by atoms with van der Waals surface area (Å²) >= 11 is 0. The van der Waals surface area contributed by atoms with Crippen molar-refractivity contribution >= 4 is 17.4 Å². The third kappa shape index (κ3) is 4.13. The second-order valence-electron chi connectivity index (χ2n) is 4.04. The van der Waals surface area contributed by atoms with Gasteiger partial charge in [-0.15, -0.1) is 0 Å². The zero-order chi connectivity index (χ0) is 15.1. The zero-order valence-corrected chi connectivity index (χ0v) is 11.5. The van der Waals surface area contributed by atoms with Crippen LogP contribution in [0.5, 0.6) is 0 Å². The largest absolute Gasteiger partial charge is 0.380 e. The van der Waals surface area contributed by atoms with Gasteiger partial charge in [-0.25, -0.2) is 0 Å². The third-order valence-corrected chi connectivity index (χ3v) is 2.64. The van der Waals surface area contributed by atoms with E-state index < -0.39 is 4.92 Å². The van der Waals surface area contributed by atoms with Gasteiger partial charge in [0.15, 0.2) is 0 Å². The van der Waals surface area contributed by atoms with Gasteiger partial charge >= 0.3 is 0 Å². The van der Waals surface area contributed by atoms with Gasteiger partial charge in [-0.3, -0.25) is 25.2 Å². The number of ether oxygens (including phenoxy) is 1. The van der Waals surface area contributed by atoms with Gasteiger partial charge in [0.1, 0.15) is 0 Å². The minimum absolute atomic E-state index is 0.0750. The molecule has 0 saturated heterocycles. The van der Waals surface area contributed by atoms with Crippen LogP contribution < -0.4 is 0 Å². The number of carbonyl (C=O) groups is 1. The topological polar surface area (TPSA) is 96.5 Å². The summed E-state index contributed by atoms with van der Waals surface area (Å²) in [5.74, 6) is -0.264. The fourth-order valence-electron chi connectivity index (χ4n) is 1.60. The number of nitro benzene ring substituents is 1. The van der Waals surface area contributed by atoms with E-state index in [-0.39, 0.29) is 24.0 Å². The second kappa shape index (κ2) is 7.34. The highest BCUT2D eigenvalue weighted by Crippen LogP contribution is 2.13. The van der Waals surface area contributed by atoms with Crippen LogP contribution in [0.2, 0.25) is 0 Å². The molecule has 1 aromatic carbocycles. The maximum Gasteiger partial charge on any atom is 0.269 e. The normalized spacial score (nSPS) is 10.1. The first-order valence-corrected chi connectivity index (χ1v) is 6.16. The van der Waals surface area contributed by atoms with Gasteiger partial charge < -0.3 is 4.74 Å². The van der Waals surface area contributed by atoms with E-state index in [2.05, 4.69) is 0 Å². The van der Waals surface area contributed by atoms with Crippen LogP contribution in [-0.4, -0.2) is 41.3 Å². The summed E-state index contributed by atoms with van der Waals surface area (Å²) in [5.41, 5.74) is 0.229. The van der Waals surface area contributed by atoms with E-state index in [4.69, 9.17) is 10.1 Å². The number of benzene rings is 1. The molecule has 108 valence electrons. The summed E-state index contributed by atoms with van der Waals surface area (Å²) in [7, 11) is 0. The van der Waals surface area contributed by atoms with Crippen molar-refractivity contribution in [1.82, 2.24) is 4.90 Å². The Labute approximate surface area is 116 Å². The first-order chi connectivity index (χ1) is 9.47. The molecule has 0 bridgehead atoms. The van der Waals surface area contributed by atoms with Crippen LogP contribution in [-0.2, 0) is 4.74 Å². The highest BCUT2D eigenvalue weighted by Gasteiger charge is 2.18. The number of carbonyl (C=O) groups excluding carboxylic acids is 1. The van der Waals surface area contributed by atoms with E-state index in [1.54, 1.807) is 0 Å². The molecule has 0 fully saturated rings. The molecule has 7 heteroatoms. The van der Waals surface area contributed by atoms with Gasteiger partial charge in [-0.1, -0.05) is 0 Å². The van der Waals surface area contributed by atoms with E-state index in [0.29, 0.717) is 18.8 Å². The number of amidine groups is 1. The summed E-state index contributed by atoms with van der Waals surface area (Å²) in [4.78, 5) is 23.5. The van der Waals surface area contributed by atoms with Gasteiger partial charge in [0.05, 0.1) is 23.9 Å². The van der Waals surface area contributed by atoms with Crippen LogP contribution in [0.15, 0.2) is 24.3 Å². The molecule has 0 aliphatic carbocycles. The van der Waals surface area contributed by atoms with Gasteiger partial charge in [0.25, 0.3) is 11.6 Å². The molecule has 0 spiro atoms. The monoisotopic (exact) mass is 279 g/mol. The highest BCUT2D eigenvalue weighted by atomic mass is 16.6. The molecule has 0 radical (unpaired) electrons. The molecule has 0 aromatic heterocycles. The number of hydrogen-bond donors (Lipinski definition) is 1. The van der Waals surface area contributed by atoms with Crippen molar-refractivity contribution in [3.63, 3.8) is 0 Å². The number of amides is 1. The Bertz CT molecular complexity index is 499. The molecule has 0 atom stereocenters. The van der Waals surface area contributed by atoms with Crippen molar-refractivity contribution < 1.29 is 14.5 Å². The standard InChI is InChI=1S/C13H17N3O4/c1-3-20-9-8-15(10(2)14)13(17)11-4-6-12(7-5-11)16(18)19/h4-7,14H,3,8-9H2,1-2H3. The molecule has 1 rings (SSSR count). The third-order valence-electron chi connectivity index (χ3n) is 2.64. The molecule has 1 N–H and O–H groups in total. The van der Waals surface area contributed by atoms with Crippen molar-refractivity contribution in [2.75, 3.05) is 19.8 Å². The predicted molar refractivity (Wildman–Crippen MR) is 74.0 cm³/mol. The number of hydrogen-bond acceptors (Lipinski definition) is 5. The molecule has 0 saturated carbocycles. The Morgan fingerprint density at radius 1 is 1.40 bits per heavy atom. The SMILES string of the molecule is CCOCCN(C(C)=N)C(=O)c1ccc([N+](=O)[O-])cc1. The number of nitro groups is 1. The Morgan fingerprint density at radius 2 is 2.00 bits per heavy atom. The minimum Gasteiger partial charge on any atom is -0.380 e. The van der Waals surface area contributed by atoms with Crippen LogP contribution in [0, 0.1) is 15.5 Å². The number of nitrogens with one attached hydrogen (secondary N) is 1. The first kappa shape index (κ1) is 15.8. The van der Waals surface area contributed by atoms with Crippen molar-refractivity contribution in [2.24, 2.45) is 0 Å². The fraction of sp³-hybridized carbons (Fsp3) is 0.385. The average molecular weight is 279 g/mol. The van der Waals surface area contributed by atoms with Gasteiger partial charge in [-0.2, -0.15) is 0 Å². The Balaban J connectivity index is 2.83. The number of rotatable bonds is 6. The van der Waals surface area contributed by atoms with Gasteiger partial charge in [-0.05, 0) is 26.0 Å². The number of non-ortho nitro benzene ring substituents is 1. The lowest BCUT2D eigenvalue weighted by molar-refractivity contribution is -0.384. The second-order valence-corrected chi connectivity index (χ2v) is 4.04. The van der Waals surface area contributed by atoms with Crippen LogP contribution in [0.1, 0.15) is 24.2 Å². The minimum atomic E-state index is -0.525. The molecule has 20 heavy (non-hydrogen) atoms. The lowest BCUT2D eigenvalue weighted by Gasteiger charge is -2.21. The molecular weight excluding hydrogens is 262 g/mol. The first-order valence-electron chi connectivity index (χ1n) is 6.16. The highest BCUT2D eigenvalue weighted by molar-refractivity contribution is 6.04. The fourth-order valence-corrected chi connectivity index (χ4v) is 1.60. The van der Waals surface area contributed by atoms with Crippen LogP contribution in [0.25, 0.3) is 0 Å². The van der Waals surface area contributed by atoms with Crippen molar-refractivity contribution in [3.05, 3.63) is 39.9 Å². The van der Waals surface area contributed by atoms with Crippen molar-refractivity contribution in [3.8, 4) is 0 Å². The van der Waals surface area contributed by atoms with Crippen molar-refractivity contribution in [1.29, 1.82) is 5.41 Å².